The van der Waals surface area contributed by atoms with E-state index in [0.717, 1.165) is 43.2 Å². The Bertz CT molecular complexity index is 1230. The summed E-state index contributed by atoms with van der Waals surface area (Å²) in [7, 11) is 0. The van der Waals surface area contributed by atoms with Gasteiger partial charge in [-0.3, -0.25) is 19.2 Å². The van der Waals surface area contributed by atoms with Crippen molar-refractivity contribution in [1.29, 1.82) is 0 Å². The van der Waals surface area contributed by atoms with Crippen LogP contribution in [0, 0.1) is 5.92 Å². The number of hydrogen-bond acceptors (Lipinski definition) is 4. The zero-order chi connectivity index (χ0) is 32.9. The third kappa shape index (κ3) is 11.8. The van der Waals surface area contributed by atoms with Gasteiger partial charge < -0.3 is 20.4 Å². The van der Waals surface area contributed by atoms with Gasteiger partial charge in [0.15, 0.2) is 0 Å². The van der Waals surface area contributed by atoms with Gasteiger partial charge in [-0.2, -0.15) is 0 Å². The Morgan fingerprint density at radius 3 is 1.26 bits per heavy atom. The predicted octanol–water partition coefficient (Wildman–Crippen LogP) is 7.84. The molecule has 0 saturated heterocycles. The number of benzene rings is 2. The summed E-state index contributed by atoms with van der Waals surface area (Å²) in [5.41, 5.74) is 4.56. The molecule has 2 aromatic rings. The second-order valence-electron chi connectivity index (χ2n) is 11.9. The van der Waals surface area contributed by atoms with Crippen LogP contribution in [0.2, 0.25) is 0 Å². The number of carbonyl (C=O) groups is 4. The van der Waals surface area contributed by atoms with E-state index in [2.05, 4.69) is 20.8 Å². The van der Waals surface area contributed by atoms with Gasteiger partial charge in [0.2, 0.25) is 0 Å². The van der Waals surface area contributed by atoms with Crippen LogP contribution in [-0.2, 0) is 32.0 Å². The largest absolute Gasteiger partial charge is 0.481 e. The summed E-state index contributed by atoms with van der Waals surface area (Å²) < 4.78 is 0. The fourth-order valence-electron chi connectivity index (χ4n) is 4.84. The van der Waals surface area contributed by atoms with E-state index in [9.17, 15) is 39.6 Å². The van der Waals surface area contributed by atoms with Crippen LogP contribution in [0.3, 0.4) is 0 Å². The summed E-state index contributed by atoms with van der Waals surface area (Å²) in [6, 6.07) is 11.1. The van der Waals surface area contributed by atoms with Crippen LogP contribution in [0.4, 0.5) is 0 Å². The maximum atomic E-state index is 11.3. The number of rotatable bonds is 16. The van der Waals surface area contributed by atoms with E-state index in [1.807, 2.05) is 24.3 Å². The second-order valence-corrected chi connectivity index (χ2v) is 11.9. The van der Waals surface area contributed by atoms with E-state index >= 15 is 0 Å². The van der Waals surface area contributed by atoms with Crippen molar-refractivity contribution < 1.29 is 39.6 Å². The first kappa shape index (κ1) is 37.3. The van der Waals surface area contributed by atoms with Gasteiger partial charge in [-0.25, -0.2) is 0 Å². The van der Waals surface area contributed by atoms with E-state index in [0.29, 0.717) is 28.2 Å². The topological polar surface area (TPSA) is 149 Å². The van der Waals surface area contributed by atoms with Crippen molar-refractivity contribution in [3.63, 3.8) is 0 Å². The van der Waals surface area contributed by atoms with Crippen LogP contribution in [-0.4, -0.2) is 44.3 Å². The molecule has 0 saturated carbocycles. The Kier molecular flexibility index (Phi) is 15.7. The maximum absolute atomic E-state index is 11.3. The SMILES string of the molecule is CC(C)CCc1ccc(C(C)C(=O)O)c(C(C)C(=O)O)c1.CCCCCCc1ccc(C(C)C(=O)O)c(C(C)C(=O)O)c1. The van der Waals surface area contributed by atoms with Gasteiger partial charge in [-0.1, -0.05) is 76.4 Å². The molecule has 4 atom stereocenters. The molecule has 0 spiro atoms. The van der Waals surface area contributed by atoms with Crippen molar-refractivity contribution in [2.75, 3.05) is 0 Å². The Morgan fingerprint density at radius 1 is 0.535 bits per heavy atom. The average Bonchev–Trinajstić information content (AvgIpc) is 2.96. The van der Waals surface area contributed by atoms with Crippen molar-refractivity contribution in [2.24, 2.45) is 5.92 Å². The molecule has 0 radical (unpaired) electrons. The van der Waals surface area contributed by atoms with Crippen molar-refractivity contribution in [2.45, 2.75) is 117 Å². The number of hydrogen-bond donors (Lipinski definition) is 4. The Labute approximate surface area is 256 Å². The molecule has 0 aromatic heterocycles. The molecule has 0 aliphatic carbocycles. The number of carboxylic acid groups (broad SMARTS) is 4. The van der Waals surface area contributed by atoms with Gasteiger partial charge >= 0.3 is 23.9 Å². The molecule has 0 heterocycles. The second kappa shape index (κ2) is 18.1. The van der Waals surface area contributed by atoms with E-state index in [-0.39, 0.29) is 0 Å². The van der Waals surface area contributed by atoms with Crippen LogP contribution in [0.5, 0.6) is 0 Å². The third-order valence-corrected chi connectivity index (χ3v) is 7.98. The van der Waals surface area contributed by atoms with Gasteiger partial charge in [0.1, 0.15) is 0 Å². The molecular weight excluding hydrogens is 548 g/mol. The summed E-state index contributed by atoms with van der Waals surface area (Å²) >= 11 is 0. The maximum Gasteiger partial charge on any atom is 0.310 e. The molecule has 8 heteroatoms. The Morgan fingerprint density at radius 2 is 0.907 bits per heavy atom. The lowest BCUT2D eigenvalue weighted by atomic mass is 9.86. The number of unbranched alkanes of at least 4 members (excludes halogenated alkanes) is 3. The molecule has 43 heavy (non-hydrogen) atoms. The first-order valence-corrected chi connectivity index (χ1v) is 15.3. The Balaban J connectivity index is 0.000000430. The minimum Gasteiger partial charge on any atom is -0.481 e. The molecule has 4 unspecified atom stereocenters. The van der Waals surface area contributed by atoms with Crippen LogP contribution in [0.15, 0.2) is 36.4 Å². The standard InChI is InChI=1S/C18H26O4.C17H24O4/c1-4-5-6-7-8-14-9-10-15(12(2)17(19)20)16(11-14)13(3)18(21)22;1-10(2)5-6-13-7-8-14(11(3)16(18)19)15(9-13)12(4)17(20)21/h9-13H,4-8H2,1-3H3,(H,19,20)(H,21,22);7-12H,5-6H2,1-4H3,(H,18,19)(H,20,21). The highest BCUT2D eigenvalue weighted by Gasteiger charge is 2.25. The van der Waals surface area contributed by atoms with E-state index in [1.54, 1.807) is 39.8 Å². The van der Waals surface area contributed by atoms with Crippen molar-refractivity contribution in [3.05, 3.63) is 69.8 Å². The number of carboxylic acids is 4. The summed E-state index contributed by atoms with van der Waals surface area (Å²) in [4.78, 5) is 45.0. The normalized spacial score (nSPS) is 13.8. The minimum absolute atomic E-state index is 0.572. The molecule has 238 valence electrons. The summed E-state index contributed by atoms with van der Waals surface area (Å²) in [5.74, 6) is -5.99. The highest BCUT2D eigenvalue weighted by atomic mass is 16.4. The quantitative estimate of drug-likeness (QED) is 0.143. The van der Waals surface area contributed by atoms with Gasteiger partial charge in [0.25, 0.3) is 0 Å². The Hall–Kier alpha value is -3.68. The number of aliphatic carboxylic acids is 4. The third-order valence-electron chi connectivity index (χ3n) is 7.98. The lowest BCUT2D eigenvalue weighted by molar-refractivity contribution is -0.140. The molecule has 0 amide bonds. The van der Waals surface area contributed by atoms with Crippen molar-refractivity contribution >= 4 is 23.9 Å². The van der Waals surface area contributed by atoms with Crippen molar-refractivity contribution in [1.82, 2.24) is 0 Å². The summed E-state index contributed by atoms with van der Waals surface area (Å²) in [6.07, 6.45) is 7.41. The van der Waals surface area contributed by atoms with E-state index < -0.39 is 47.5 Å². The number of aryl methyl sites for hydroxylation is 2. The highest BCUT2D eigenvalue weighted by molar-refractivity contribution is 5.81. The molecule has 0 aliphatic rings. The van der Waals surface area contributed by atoms with Gasteiger partial charge in [-0.05, 0) is 92.7 Å². The van der Waals surface area contributed by atoms with E-state index in [4.69, 9.17) is 0 Å². The van der Waals surface area contributed by atoms with Gasteiger partial charge in [0.05, 0.1) is 23.7 Å². The van der Waals surface area contributed by atoms with Crippen LogP contribution >= 0.6 is 0 Å². The van der Waals surface area contributed by atoms with E-state index in [1.165, 1.54) is 12.8 Å². The first-order chi connectivity index (χ1) is 20.1. The molecule has 4 N–H and O–H groups in total. The zero-order valence-electron chi connectivity index (χ0n) is 26.7. The molecule has 0 aliphatic heterocycles. The fourth-order valence-corrected chi connectivity index (χ4v) is 4.84. The lowest BCUT2D eigenvalue weighted by Crippen LogP contribution is -2.15. The average molecular weight is 599 g/mol. The molecule has 2 rings (SSSR count). The monoisotopic (exact) mass is 598 g/mol. The van der Waals surface area contributed by atoms with Crippen LogP contribution in [0.25, 0.3) is 0 Å². The lowest BCUT2D eigenvalue weighted by Gasteiger charge is -2.18. The van der Waals surface area contributed by atoms with Gasteiger partial charge in [-0.15, -0.1) is 0 Å². The summed E-state index contributed by atoms with van der Waals surface area (Å²) in [6.45, 7) is 12.8. The smallest absolute Gasteiger partial charge is 0.310 e. The molecule has 0 fully saturated rings. The van der Waals surface area contributed by atoms with Crippen LogP contribution in [0.1, 0.15) is 138 Å². The summed E-state index contributed by atoms with van der Waals surface area (Å²) in [5, 5.41) is 36.9. The molecule has 2 aromatic carbocycles. The highest BCUT2D eigenvalue weighted by Crippen LogP contribution is 2.30. The molecular formula is C35H50O8. The van der Waals surface area contributed by atoms with Crippen molar-refractivity contribution in [3.8, 4) is 0 Å². The molecule has 0 bridgehead atoms. The van der Waals surface area contributed by atoms with Gasteiger partial charge in [0, 0.05) is 0 Å². The zero-order valence-corrected chi connectivity index (χ0v) is 26.7. The fraction of sp³-hybridized carbons (Fsp3) is 0.543. The molecule has 8 nitrogen and oxygen atoms in total. The minimum atomic E-state index is -0.941. The van der Waals surface area contributed by atoms with Crippen LogP contribution < -0.4 is 0 Å². The predicted molar refractivity (Wildman–Crippen MR) is 168 cm³/mol. The first-order valence-electron chi connectivity index (χ1n) is 15.3.